The van der Waals surface area contributed by atoms with Gasteiger partial charge in [0.2, 0.25) is 0 Å². The maximum absolute atomic E-state index is 8.86. The summed E-state index contributed by atoms with van der Waals surface area (Å²) in [5.41, 5.74) is 5.53. The molecule has 0 unspecified atom stereocenters. The lowest BCUT2D eigenvalue weighted by atomic mass is 10.3. The zero-order valence-electron chi connectivity index (χ0n) is 5.16. The second-order valence-electron chi connectivity index (χ2n) is 1.96. The van der Waals surface area contributed by atoms with Gasteiger partial charge in [-0.15, -0.1) is 11.3 Å². The van der Waals surface area contributed by atoms with E-state index < -0.39 is 0 Å². The topological polar surface area (TPSA) is 46.2 Å². The summed E-state index contributed by atoms with van der Waals surface area (Å²) in [6.07, 6.45) is 0. The van der Waals surface area contributed by atoms with Crippen LogP contribution >= 0.6 is 11.3 Å². The van der Waals surface area contributed by atoms with E-state index in [1.165, 1.54) is 11.3 Å². The van der Waals surface area contributed by atoms with Crippen molar-refractivity contribution in [1.29, 1.82) is 0 Å². The highest BCUT2D eigenvalue weighted by molar-refractivity contribution is 7.13. The van der Waals surface area contributed by atoms with Gasteiger partial charge in [0.05, 0.1) is 0 Å². The molecule has 3 N–H and O–H groups in total. The van der Waals surface area contributed by atoms with Crippen LogP contribution in [-0.2, 0) is 0 Å². The molecule has 0 aliphatic heterocycles. The Balaban J connectivity index is 2.85. The molecule has 3 heteroatoms. The van der Waals surface area contributed by atoms with E-state index in [-0.39, 0.29) is 6.04 Å². The molecule has 1 aromatic heterocycles. The van der Waals surface area contributed by atoms with Crippen molar-refractivity contribution in [3.05, 3.63) is 17.0 Å². The molecular formula is C6H9NOS. The van der Waals surface area contributed by atoms with Gasteiger partial charge in [0.1, 0.15) is 0 Å². The first-order chi connectivity index (χ1) is 4.20. The smallest absolute Gasteiger partial charge is 0.171 e. The zero-order chi connectivity index (χ0) is 6.85. The minimum absolute atomic E-state index is 0.0379. The Morgan fingerprint density at radius 2 is 2.33 bits per heavy atom. The number of rotatable bonds is 1. The largest absolute Gasteiger partial charge is 0.499 e. The minimum Gasteiger partial charge on any atom is -0.499 e. The maximum atomic E-state index is 8.86. The lowest BCUT2D eigenvalue weighted by molar-refractivity contribution is 0.491. The molecule has 0 saturated heterocycles. The Morgan fingerprint density at radius 1 is 1.67 bits per heavy atom. The van der Waals surface area contributed by atoms with Gasteiger partial charge in [-0.05, 0) is 19.1 Å². The third-order valence-corrected chi connectivity index (χ3v) is 2.15. The highest BCUT2D eigenvalue weighted by Crippen LogP contribution is 2.25. The van der Waals surface area contributed by atoms with Gasteiger partial charge in [0, 0.05) is 10.9 Å². The van der Waals surface area contributed by atoms with E-state index in [9.17, 15) is 0 Å². The second-order valence-corrected chi connectivity index (χ2v) is 3.06. The van der Waals surface area contributed by atoms with Crippen LogP contribution in [0.15, 0.2) is 12.1 Å². The van der Waals surface area contributed by atoms with Crippen molar-refractivity contribution in [3.8, 4) is 5.06 Å². The van der Waals surface area contributed by atoms with Crippen LogP contribution < -0.4 is 5.73 Å². The standard InChI is InChI=1S/C6H9NOS/c1-4(7)5-2-3-6(8)9-5/h2-4,8H,7H2,1H3/t4-/m1/s1. The predicted molar refractivity (Wildman–Crippen MR) is 38.6 cm³/mol. The summed E-state index contributed by atoms with van der Waals surface area (Å²) in [6.45, 7) is 1.89. The minimum atomic E-state index is 0.0379. The van der Waals surface area contributed by atoms with Crippen LogP contribution in [0.4, 0.5) is 0 Å². The van der Waals surface area contributed by atoms with Crippen molar-refractivity contribution in [2.45, 2.75) is 13.0 Å². The quantitative estimate of drug-likeness (QED) is 0.625. The molecule has 1 rings (SSSR count). The Morgan fingerprint density at radius 3 is 2.56 bits per heavy atom. The molecule has 0 saturated carbocycles. The average Bonchev–Trinajstić information content (AvgIpc) is 2.14. The molecule has 0 bridgehead atoms. The van der Waals surface area contributed by atoms with Gasteiger partial charge in [-0.1, -0.05) is 0 Å². The lowest BCUT2D eigenvalue weighted by Gasteiger charge is -1.96. The average molecular weight is 143 g/mol. The highest BCUT2D eigenvalue weighted by atomic mass is 32.1. The predicted octanol–water partition coefficient (Wildman–Crippen LogP) is 1.47. The summed E-state index contributed by atoms with van der Waals surface area (Å²) < 4.78 is 0. The molecule has 1 aromatic rings. The van der Waals surface area contributed by atoms with Gasteiger partial charge in [-0.25, -0.2) is 0 Å². The summed E-state index contributed by atoms with van der Waals surface area (Å²) in [6, 6.07) is 3.53. The Bertz CT molecular complexity index is 195. The number of hydrogen-bond donors (Lipinski definition) is 2. The van der Waals surface area contributed by atoms with Crippen molar-refractivity contribution in [2.75, 3.05) is 0 Å². The Kier molecular flexibility index (Phi) is 1.73. The molecule has 1 heterocycles. The molecule has 0 fully saturated rings. The molecular weight excluding hydrogens is 134 g/mol. The normalized spacial score (nSPS) is 13.6. The van der Waals surface area contributed by atoms with E-state index in [1.807, 2.05) is 13.0 Å². The van der Waals surface area contributed by atoms with Crippen LogP contribution in [0.5, 0.6) is 5.06 Å². The van der Waals surface area contributed by atoms with E-state index in [0.29, 0.717) is 5.06 Å². The van der Waals surface area contributed by atoms with Crippen LogP contribution in [0, 0.1) is 0 Å². The fraction of sp³-hybridized carbons (Fsp3) is 0.333. The van der Waals surface area contributed by atoms with Gasteiger partial charge in [-0.3, -0.25) is 0 Å². The van der Waals surface area contributed by atoms with E-state index in [0.717, 1.165) is 4.88 Å². The lowest BCUT2D eigenvalue weighted by Crippen LogP contribution is -2.01. The summed E-state index contributed by atoms with van der Waals surface area (Å²) in [5.74, 6) is 0. The molecule has 2 nitrogen and oxygen atoms in total. The van der Waals surface area contributed by atoms with Crippen LogP contribution in [0.1, 0.15) is 17.8 Å². The third-order valence-electron chi connectivity index (χ3n) is 1.06. The van der Waals surface area contributed by atoms with Gasteiger partial charge >= 0.3 is 0 Å². The van der Waals surface area contributed by atoms with Crippen LogP contribution in [0.2, 0.25) is 0 Å². The van der Waals surface area contributed by atoms with Gasteiger partial charge < -0.3 is 10.8 Å². The van der Waals surface area contributed by atoms with Gasteiger partial charge in [-0.2, -0.15) is 0 Å². The van der Waals surface area contributed by atoms with Crippen LogP contribution in [-0.4, -0.2) is 5.11 Å². The Labute approximate surface area is 57.9 Å². The first-order valence-corrected chi connectivity index (χ1v) is 3.56. The first kappa shape index (κ1) is 6.58. The summed E-state index contributed by atoms with van der Waals surface area (Å²) in [4.78, 5) is 1.02. The van der Waals surface area contributed by atoms with E-state index in [4.69, 9.17) is 10.8 Å². The van der Waals surface area contributed by atoms with Gasteiger partial charge in [0.25, 0.3) is 0 Å². The maximum Gasteiger partial charge on any atom is 0.171 e. The van der Waals surface area contributed by atoms with Crippen molar-refractivity contribution in [3.63, 3.8) is 0 Å². The van der Waals surface area contributed by atoms with E-state index in [1.54, 1.807) is 6.07 Å². The number of nitrogens with two attached hydrogens (primary N) is 1. The zero-order valence-corrected chi connectivity index (χ0v) is 5.98. The second kappa shape index (κ2) is 2.37. The molecule has 0 radical (unpaired) electrons. The third kappa shape index (κ3) is 1.43. The molecule has 1 atom stereocenters. The number of thiophene rings is 1. The van der Waals surface area contributed by atoms with Crippen molar-refractivity contribution in [1.82, 2.24) is 0 Å². The van der Waals surface area contributed by atoms with Crippen molar-refractivity contribution >= 4 is 11.3 Å². The van der Waals surface area contributed by atoms with Crippen LogP contribution in [0.3, 0.4) is 0 Å². The molecule has 50 valence electrons. The molecule has 0 aliphatic carbocycles. The monoisotopic (exact) mass is 143 g/mol. The van der Waals surface area contributed by atoms with Crippen molar-refractivity contribution in [2.24, 2.45) is 5.73 Å². The number of hydrogen-bond acceptors (Lipinski definition) is 3. The fourth-order valence-electron chi connectivity index (χ4n) is 0.587. The summed E-state index contributed by atoms with van der Waals surface area (Å²) >= 11 is 1.33. The summed E-state index contributed by atoms with van der Waals surface area (Å²) in [7, 11) is 0. The van der Waals surface area contributed by atoms with E-state index >= 15 is 0 Å². The molecule has 0 amide bonds. The molecule has 9 heavy (non-hydrogen) atoms. The molecule has 0 aliphatic rings. The molecule has 0 spiro atoms. The van der Waals surface area contributed by atoms with Crippen LogP contribution in [0.25, 0.3) is 0 Å². The molecule has 0 aromatic carbocycles. The first-order valence-electron chi connectivity index (χ1n) is 2.74. The number of aromatic hydroxyl groups is 1. The Hall–Kier alpha value is -0.540. The highest BCUT2D eigenvalue weighted by Gasteiger charge is 2.01. The summed E-state index contributed by atoms with van der Waals surface area (Å²) in [5, 5.41) is 9.20. The van der Waals surface area contributed by atoms with Gasteiger partial charge in [0.15, 0.2) is 5.06 Å². The van der Waals surface area contributed by atoms with E-state index in [2.05, 4.69) is 0 Å². The SMILES string of the molecule is C[C@@H](N)c1ccc(O)s1. The fourth-order valence-corrected chi connectivity index (χ4v) is 1.29. The van der Waals surface area contributed by atoms with Crippen molar-refractivity contribution < 1.29 is 5.11 Å².